The second kappa shape index (κ2) is 5.44. The van der Waals surface area contributed by atoms with Gasteiger partial charge in [0.1, 0.15) is 5.75 Å². The average Bonchev–Trinajstić information content (AvgIpc) is 2.41. The van der Waals surface area contributed by atoms with Crippen LogP contribution in [0.4, 0.5) is 11.4 Å². The van der Waals surface area contributed by atoms with Gasteiger partial charge in [-0.3, -0.25) is 0 Å². The van der Waals surface area contributed by atoms with Crippen molar-refractivity contribution in [1.82, 2.24) is 0 Å². The Balaban J connectivity index is 2.31. The minimum atomic E-state index is -0.936. The third kappa shape index (κ3) is 3.04. The van der Waals surface area contributed by atoms with Gasteiger partial charge < -0.3 is 15.2 Å². The molecule has 0 amide bonds. The van der Waals surface area contributed by atoms with Crippen molar-refractivity contribution in [2.75, 3.05) is 12.4 Å². The van der Waals surface area contributed by atoms with Crippen LogP contribution in [0.2, 0.25) is 0 Å². The lowest BCUT2D eigenvalue weighted by atomic mass is 10.1. The number of benzene rings is 2. The van der Waals surface area contributed by atoms with Crippen LogP contribution < -0.4 is 10.1 Å². The van der Waals surface area contributed by atoms with Gasteiger partial charge in [0.05, 0.1) is 12.7 Å². The van der Waals surface area contributed by atoms with E-state index in [0.29, 0.717) is 0 Å². The predicted octanol–water partition coefficient (Wildman–Crippen LogP) is 3.45. The van der Waals surface area contributed by atoms with Crippen LogP contribution in [0.15, 0.2) is 42.5 Å². The summed E-state index contributed by atoms with van der Waals surface area (Å²) in [6.45, 7) is 1.92. The van der Waals surface area contributed by atoms with E-state index in [-0.39, 0.29) is 5.56 Å². The minimum Gasteiger partial charge on any atom is -0.497 e. The number of carboxylic acids is 1. The Morgan fingerprint density at radius 2 is 2.00 bits per heavy atom. The molecule has 0 saturated carbocycles. The number of hydrogen-bond acceptors (Lipinski definition) is 3. The normalized spacial score (nSPS) is 10.0. The molecule has 0 radical (unpaired) electrons. The van der Waals surface area contributed by atoms with Gasteiger partial charge in [-0.05, 0) is 36.8 Å². The molecule has 0 aliphatic rings. The Morgan fingerprint density at radius 3 is 2.68 bits per heavy atom. The van der Waals surface area contributed by atoms with Crippen molar-refractivity contribution in [2.24, 2.45) is 0 Å². The van der Waals surface area contributed by atoms with E-state index in [1.165, 1.54) is 0 Å². The Kier molecular flexibility index (Phi) is 3.71. The molecule has 2 rings (SSSR count). The molecule has 2 aromatic carbocycles. The molecule has 0 heterocycles. The number of anilines is 2. The van der Waals surface area contributed by atoms with E-state index in [4.69, 9.17) is 9.84 Å². The van der Waals surface area contributed by atoms with Crippen LogP contribution in [0.1, 0.15) is 15.9 Å². The van der Waals surface area contributed by atoms with Crippen LogP contribution in [-0.4, -0.2) is 18.2 Å². The summed E-state index contributed by atoms with van der Waals surface area (Å²) in [7, 11) is 1.61. The molecule has 0 spiro atoms. The number of aryl methyl sites for hydroxylation is 1. The fourth-order valence-electron chi connectivity index (χ4n) is 1.75. The van der Waals surface area contributed by atoms with E-state index in [1.54, 1.807) is 25.3 Å². The highest BCUT2D eigenvalue weighted by Crippen LogP contribution is 2.24. The quantitative estimate of drug-likeness (QED) is 0.880. The van der Waals surface area contributed by atoms with Crippen LogP contribution >= 0.6 is 0 Å². The number of hydrogen-bond donors (Lipinski definition) is 2. The maximum atomic E-state index is 11.0. The first-order chi connectivity index (χ1) is 9.10. The van der Waals surface area contributed by atoms with Crippen molar-refractivity contribution < 1.29 is 14.6 Å². The predicted molar refractivity (Wildman–Crippen MR) is 74.4 cm³/mol. The average molecular weight is 257 g/mol. The first-order valence-corrected chi connectivity index (χ1v) is 5.85. The van der Waals surface area contributed by atoms with Gasteiger partial charge in [0, 0.05) is 17.4 Å². The molecule has 0 saturated heterocycles. The summed E-state index contributed by atoms with van der Waals surface area (Å²) in [5, 5.41) is 12.2. The van der Waals surface area contributed by atoms with E-state index in [9.17, 15) is 4.79 Å². The second-order valence-corrected chi connectivity index (χ2v) is 4.19. The van der Waals surface area contributed by atoms with Crippen molar-refractivity contribution >= 4 is 17.3 Å². The molecular formula is C15H15NO3. The molecule has 0 bridgehead atoms. The van der Waals surface area contributed by atoms with Crippen LogP contribution in [-0.2, 0) is 0 Å². The maximum absolute atomic E-state index is 11.0. The number of methoxy groups -OCH3 is 1. The van der Waals surface area contributed by atoms with E-state index < -0.39 is 5.97 Å². The lowest BCUT2D eigenvalue weighted by molar-refractivity contribution is 0.0697. The summed E-state index contributed by atoms with van der Waals surface area (Å²) in [5.41, 5.74) is 2.86. The van der Waals surface area contributed by atoms with Gasteiger partial charge in [-0.1, -0.05) is 12.1 Å². The number of carbonyl (C=O) groups is 1. The summed E-state index contributed by atoms with van der Waals surface area (Å²) in [4.78, 5) is 11.0. The fourth-order valence-corrected chi connectivity index (χ4v) is 1.75. The molecule has 4 nitrogen and oxygen atoms in total. The molecule has 4 heteroatoms. The van der Waals surface area contributed by atoms with Gasteiger partial charge in [-0.2, -0.15) is 0 Å². The highest BCUT2D eigenvalue weighted by atomic mass is 16.5. The molecule has 2 N–H and O–H groups in total. The number of aromatic carboxylic acids is 1. The zero-order valence-electron chi connectivity index (χ0n) is 10.8. The number of carboxylic acid groups (broad SMARTS) is 1. The number of ether oxygens (including phenoxy) is 1. The summed E-state index contributed by atoms with van der Waals surface area (Å²) >= 11 is 0. The second-order valence-electron chi connectivity index (χ2n) is 4.19. The standard InChI is InChI=1S/C15H15NO3/c1-10-6-7-11(15(17)18)8-14(10)16-12-4-3-5-13(9-12)19-2/h3-9,16H,1-2H3,(H,17,18). The molecule has 19 heavy (non-hydrogen) atoms. The van der Waals surface area contributed by atoms with Crippen LogP contribution in [0.25, 0.3) is 0 Å². The van der Waals surface area contributed by atoms with Gasteiger partial charge >= 0.3 is 5.97 Å². The van der Waals surface area contributed by atoms with Crippen molar-refractivity contribution in [1.29, 1.82) is 0 Å². The summed E-state index contributed by atoms with van der Waals surface area (Å²) < 4.78 is 5.15. The smallest absolute Gasteiger partial charge is 0.335 e. The van der Waals surface area contributed by atoms with E-state index in [1.807, 2.05) is 31.2 Å². The zero-order chi connectivity index (χ0) is 13.8. The molecule has 2 aromatic rings. The molecule has 0 atom stereocenters. The van der Waals surface area contributed by atoms with E-state index >= 15 is 0 Å². The summed E-state index contributed by atoms with van der Waals surface area (Å²) in [5.74, 6) is -0.189. The molecule has 0 aromatic heterocycles. The van der Waals surface area contributed by atoms with Crippen molar-refractivity contribution in [3.63, 3.8) is 0 Å². The van der Waals surface area contributed by atoms with Crippen molar-refractivity contribution in [2.45, 2.75) is 6.92 Å². The fraction of sp³-hybridized carbons (Fsp3) is 0.133. The zero-order valence-corrected chi connectivity index (χ0v) is 10.8. The Labute approximate surface area is 111 Å². The van der Waals surface area contributed by atoms with Gasteiger partial charge in [0.25, 0.3) is 0 Å². The molecule has 0 unspecified atom stereocenters. The highest BCUT2D eigenvalue weighted by molar-refractivity contribution is 5.89. The lowest BCUT2D eigenvalue weighted by Crippen LogP contribution is -2.00. The van der Waals surface area contributed by atoms with Crippen LogP contribution in [0, 0.1) is 6.92 Å². The molecule has 0 aliphatic heterocycles. The lowest BCUT2D eigenvalue weighted by Gasteiger charge is -2.11. The maximum Gasteiger partial charge on any atom is 0.335 e. The van der Waals surface area contributed by atoms with Crippen molar-refractivity contribution in [3.05, 3.63) is 53.6 Å². The topological polar surface area (TPSA) is 58.6 Å². The van der Waals surface area contributed by atoms with Crippen LogP contribution in [0.5, 0.6) is 5.75 Å². The monoisotopic (exact) mass is 257 g/mol. The molecule has 0 aliphatic carbocycles. The summed E-state index contributed by atoms with van der Waals surface area (Å²) in [6, 6.07) is 12.5. The van der Waals surface area contributed by atoms with Gasteiger partial charge in [-0.25, -0.2) is 4.79 Å². The van der Waals surface area contributed by atoms with Crippen molar-refractivity contribution in [3.8, 4) is 5.75 Å². The first-order valence-electron chi connectivity index (χ1n) is 5.85. The largest absolute Gasteiger partial charge is 0.497 e. The Morgan fingerprint density at radius 1 is 1.21 bits per heavy atom. The van der Waals surface area contributed by atoms with E-state index in [0.717, 1.165) is 22.7 Å². The molecule has 0 fully saturated rings. The van der Waals surface area contributed by atoms with Gasteiger partial charge in [-0.15, -0.1) is 0 Å². The molecule has 98 valence electrons. The highest BCUT2D eigenvalue weighted by Gasteiger charge is 2.06. The summed E-state index contributed by atoms with van der Waals surface area (Å²) in [6.07, 6.45) is 0. The Bertz CT molecular complexity index is 608. The SMILES string of the molecule is COc1cccc(Nc2cc(C(=O)O)ccc2C)c1. The Hall–Kier alpha value is -2.49. The van der Waals surface area contributed by atoms with Gasteiger partial charge in [0.15, 0.2) is 0 Å². The van der Waals surface area contributed by atoms with E-state index in [2.05, 4.69) is 5.32 Å². The number of nitrogens with one attached hydrogen (secondary N) is 1. The molecular weight excluding hydrogens is 242 g/mol. The third-order valence-electron chi connectivity index (χ3n) is 2.83. The van der Waals surface area contributed by atoms with Crippen LogP contribution in [0.3, 0.4) is 0 Å². The minimum absolute atomic E-state index is 0.260. The van der Waals surface area contributed by atoms with Gasteiger partial charge in [0.2, 0.25) is 0 Å². The first kappa shape index (κ1) is 13.0. The number of rotatable bonds is 4. The third-order valence-corrected chi connectivity index (χ3v) is 2.83.